The van der Waals surface area contributed by atoms with Gasteiger partial charge in [0.15, 0.2) is 22.7 Å². The second-order valence-electron chi connectivity index (χ2n) is 21.0. The van der Waals surface area contributed by atoms with E-state index in [2.05, 4.69) is 182 Å². The Morgan fingerprint density at radius 2 is 0.919 bits per heavy atom. The molecular weight excluding hydrogens is 905 g/mol. The minimum absolute atomic E-state index is 0.818. The molecule has 4 aliphatic carbocycles. The van der Waals surface area contributed by atoms with Crippen LogP contribution in [0.3, 0.4) is 0 Å². The van der Waals surface area contributed by atoms with E-state index in [1.165, 1.54) is 110 Å². The second-order valence-corrected chi connectivity index (χ2v) is 21.0. The SMILES string of the molecule is C1=Cc2c(cccc2-c2ccc3c(-c4ccc5oc6c(ccc7c8c(oc76)C=CCC8)c5c4)c4ccccc4c(-c4ccc5cc(-c6ccc7oc8c(c7c6)CCc6c-8oc7c6CCC=C7)ccc5c4)c3c2)CC1. The van der Waals surface area contributed by atoms with Crippen LogP contribution in [0.4, 0.5) is 0 Å². The zero-order valence-electron chi connectivity index (χ0n) is 40.6. The lowest BCUT2D eigenvalue weighted by Gasteiger charge is -2.20. The molecule has 0 amide bonds. The van der Waals surface area contributed by atoms with Crippen LogP contribution in [-0.2, 0) is 32.1 Å². The van der Waals surface area contributed by atoms with E-state index in [4.69, 9.17) is 17.7 Å². The lowest BCUT2D eigenvalue weighted by atomic mass is 9.83. The van der Waals surface area contributed by atoms with Gasteiger partial charge in [0, 0.05) is 43.8 Å². The van der Waals surface area contributed by atoms with Crippen LogP contribution in [0.15, 0.2) is 181 Å². The third-order valence-corrected chi connectivity index (χ3v) is 17.0. The summed E-state index contributed by atoms with van der Waals surface area (Å²) in [7, 11) is 0. The van der Waals surface area contributed by atoms with Crippen molar-refractivity contribution in [1.82, 2.24) is 0 Å². The molecule has 0 atom stereocenters. The maximum Gasteiger partial charge on any atom is 0.178 e. The van der Waals surface area contributed by atoms with Crippen LogP contribution in [0, 0.1) is 0 Å². The summed E-state index contributed by atoms with van der Waals surface area (Å²) in [6.07, 6.45) is 21.5. The van der Waals surface area contributed by atoms with Crippen molar-refractivity contribution in [2.45, 2.75) is 51.4 Å². The highest BCUT2D eigenvalue weighted by atomic mass is 16.4. The predicted octanol–water partition coefficient (Wildman–Crippen LogP) is 19.4. The van der Waals surface area contributed by atoms with E-state index in [-0.39, 0.29) is 0 Å². The van der Waals surface area contributed by atoms with Crippen molar-refractivity contribution in [3.63, 3.8) is 0 Å². The molecule has 0 N–H and O–H groups in total. The number of hydrogen-bond acceptors (Lipinski definition) is 4. The Bertz CT molecular complexity index is 4720. The number of fused-ring (bicyclic) bond motifs is 18. The van der Waals surface area contributed by atoms with Gasteiger partial charge in [-0.05, 0) is 206 Å². The normalized spacial score (nSPS) is 14.7. The van der Waals surface area contributed by atoms with Crippen molar-refractivity contribution in [3.05, 3.63) is 209 Å². The molecule has 13 aromatic rings. The Kier molecular flexibility index (Phi) is 8.43. The van der Waals surface area contributed by atoms with Crippen LogP contribution >= 0.6 is 0 Å². The quantitative estimate of drug-likeness (QED) is 0.165. The molecule has 350 valence electrons. The molecule has 0 spiro atoms. The fraction of sp³-hybridized carbons (Fsp3) is 0.114. The van der Waals surface area contributed by atoms with Crippen LogP contribution < -0.4 is 0 Å². The van der Waals surface area contributed by atoms with Gasteiger partial charge in [0.25, 0.3) is 0 Å². The van der Waals surface area contributed by atoms with Crippen molar-refractivity contribution in [1.29, 1.82) is 0 Å². The monoisotopic (exact) mass is 950 g/mol. The van der Waals surface area contributed by atoms with Crippen LogP contribution in [0.5, 0.6) is 0 Å². The van der Waals surface area contributed by atoms with Gasteiger partial charge in [-0.2, -0.15) is 0 Å². The van der Waals surface area contributed by atoms with Gasteiger partial charge in [-0.15, -0.1) is 0 Å². The van der Waals surface area contributed by atoms with Gasteiger partial charge in [0.05, 0.1) is 0 Å². The van der Waals surface area contributed by atoms with Crippen molar-refractivity contribution in [3.8, 4) is 56.0 Å². The van der Waals surface area contributed by atoms with Gasteiger partial charge in [-0.1, -0.05) is 115 Å². The van der Waals surface area contributed by atoms with Gasteiger partial charge in [0.1, 0.15) is 22.7 Å². The molecule has 0 aliphatic heterocycles. The number of aryl methyl sites for hydroxylation is 3. The van der Waals surface area contributed by atoms with Crippen molar-refractivity contribution in [2.24, 2.45) is 0 Å². The number of hydrogen-bond donors (Lipinski definition) is 0. The first kappa shape index (κ1) is 40.7. The maximum absolute atomic E-state index is 6.69. The van der Waals surface area contributed by atoms with E-state index in [1.807, 2.05) is 0 Å². The molecule has 4 heterocycles. The standard InChI is InChI=1S/C70H46O4/c1-2-12-47-39(10-1)11-9-17-48(47)44-24-27-53-60(37-44)66(52-16-4-3-15-51(52)65(53)46-26-33-64-59(38-46)57-31-29-55-50-14-6-8-19-62(50)72-68(55)70(57)74-64)45-23-22-40-34-41(20-21-42(40)35-45)43-25-32-63-58(36-43)56-30-28-54-49-13-5-7-18-61(49)71-67(54)69(56)73-63/h2-4,7-9,11-12,15-27,29,31-38H,1,5-6,10,13-14,28,30H2. The Morgan fingerprint density at radius 1 is 0.324 bits per heavy atom. The first-order valence-corrected chi connectivity index (χ1v) is 26.4. The Hall–Kier alpha value is -8.86. The number of benzene rings is 9. The molecule has 74 heavy (non-hydrogen) atoms. The highest BCUT2D eigenvalue weighted by Gasteiger charge is 2.31. The predicted molar refractivity (Wildman–Crippen MR) is 305 cm³/mol. The maximum atomic E-state index is 6.69. The average Bonchev–Trinajstić information content (AvgIpc) is 4.28. The molecule has 0 bridgehead atoms. The van der Waals surface area contributed by atoms with E-state index >= 15 is 0 Å². The third-order valence-electron chi connectivity index (χ3n) is 17.0. The summed E-state index contributed by atoms with van der Waals surface area (Å²) in [5.74, 6) is 3.80. The minimum Gasteiger partial charge on any atom is -0.453 e. The molecule has 0 saturated carbocycles. The van der Waals surface area contributed by atoms with Gasteiger partial charge in [-0.25, -0.2) is 0 Å². The molecule has 4 nitrogen and oxygen atoms in total. The fourth-order valence-corrected chi connectivity index (χ4v) is 13.5. The van der Waals surface area contributed by atoms with E-state index in [1.54, 1.807) is 0 Å². The number of rotatable bonds is 4. The van der Waals surface area contributed by atoms with Gasteiger partial charge in [0.2, 0.25) is 0 Å². The lowest BCUT2D eigenvalue weighted by molar-refractivity contribution is 0.524. The molecule has 17 rings (SSSR count). The first-order chi connectivity index (χ1) is 36.6. The molecule has 4 aliphatic rings. The minimum atomic E-state index is 0.818. The number of furan rings is 4. The number of allylic oxidation sites excluding steroid dienone is 3. The first-order valence-electron chi connectivity index (χ1n) is 26.4. The zero-order valence-corrected chi connectivity index (χ0v) is 40.6. The fourth-order valence-electron chi connectivity index (χ4n) is 13.5. The second kappa shape index (κ2) is 15.3. The van der Waals surface area contributed by atoms with Crippen molar-refractivity contribution in [2.75, 3.05) is 0 Å². The van der Waals surface area contributed by atoms with E-state index in [0.717, 1.165) is 118 Å². The average molecular weight is 951 g/mol. The van der Waals surface area contributed by atoms with Gasteiger partial charge >= 0.3 is 0 Å². The van der Waals surface area contributed by atoms with Crippen LogP contribution in [0.25, 0.3) is 150 Å². The van der Waals surface area contributed by atoms with Crippen LogP contribution in [-0.4, -0.2) is 0 Å². The molecule has 0 saturated heterocycles. The molecule has 4 heteroatoms. The van der Waals surface area contributed by atoms with Crippen molar-refractivity contribution < 1.29 is 17.7 Å². The molecule has 0 unspecified atom stereocenters. The Labute approximate surface area is 426 Å². The molecule has 0 radical (unpaired) electrons. The van der Waals surface area contributed by atoms with Gasteiger partial charge < -0.3 is 17.7 Å². The van der Waals surface area contributed by atoms with E-state index < -0.39 is 0 Å². The zero-order chi connectivity index (χ0) is 48.2. The molecule has 9 aromatic carbocycles. The summed E-state index contributed by atoms with van der Waals surface area (Å²) in [5, 5.41) is 11.8. The van der Waals surface area contributed by atoms with Crippen LogP contribution in [0.2, 0.25) is 0 Å². The smallest absolute Gasteiger partial charge is 0.178 e. The molecule has 0 fully saturated rings. The van der Waals surface area contributed by atoms with Crippen molar-refractivity contribution >= 4 is 94.4 Å². The Balaban J connectivity index is 0.824. The summed E-state index contributed by atoms with van der Waals surface area (Å²) in [6.45, 7) is 0. The summed E-state index contributed by atoms with van der Waals surface area (Å²) in [5.41, 5.74) is 21.1. The largest absolute Gasteiger partial charge is 0.453 e. The summed E-state index contributed by atoms with van der Waals surface area (Å²) in [4.78, 5) is 0. The molecular formula is C70H46O4. The van der Waals surface area contributed by atoms with Crippen LogP contribution in [0.1, 0.15) is 64.2 Å². The summed E-state index contributed by atoms with van der Waals surface area (Å²) < 4.78 is 26.2. The Morgan fingerprint density at radius 3 is 1.80 bits per heavy atom. The third kappa shape index (κ3) is 5.85. The lowest BCUT2D eigenvalue weighted by Crippen LogP contribution is -2.03. The summed E-state index contributed by atoms with van der Waals surface area (Å²) in [6, 6.07) is 54.9. The van der Waals surface area contributed by atoms with Gasteiger partial charge in [-0.3, -0.25) is 0 Å². The highest BCUT2D eigenvalue weighted by molar-refractivity contribution is 6.23. The summed E-state index contributed by atoms with van der Waals surface area (Å²) >= 11 is 0. The highest BCUT2D eigenvalue weighted by Crippen LogP contribution is 2.49. The topological polar surface area (TPSA) is 52.6 Å². The van der Waals surface area contributed by atoms with E-state index in [9.17, 15) is 0 Å². The molecule has 4 aromatic heterocycles. The van der Waals surface area contributed by atoms with E-state index in [0.29, 0.717) is 0 Å².